The van der Waals surface area contributed by atoms with E-state index in [1.165, 1.54) is 36.8 Å². The predicted octanol–water partition coefficient (Wildman–Crippen LogP) is 2.68. The summed E-state index contributed by atoms with van der Waals surface area (Å²) >= 11 is 0. The molecule has 0 aliphatic carbocycles. The summed E-state index contributed by atoms with van der Waals surface area (Å²) in [7, 11) is 0. The highest BCUT2D eigenvalue weighted by molar-refractivity contribution is 5.21. The van der Waals surface area contributed by atoms with Crippen molar-refractivity contribution in [3.63, 3.8) is 0 Å². The van der Waals surface area contributed by atoms with Crippen LogP contribution in [-0.4, -0.2) is 28.1 Å². The molecule has 5 heteroatoms. The molecule has 0 unspecified atom stereocenters. The van der Waals surface area contributed by atoms with E-state index in [0.717, 1.165) is 31.4 Å². The quantitative estimate of drug-likeness (QED) is 0.888. The van der Waals surface area contributed by atoms with Crippen LogP contribution in [0.3, 0.4) is 0 Å². The van der Waals surface area contributed by atoms with Gasteiger partial charge in [0.05, 0.1) is 13.1 Å². The maximum Gasteiger partial charge on any atom is 0.240 e. The van der Waals surface area contributed by atoms with Gasteiger partial charge in [0.1, 0.15) is 0 Å². The third-order valence-corrected chi connectivity index (χ3v) is 4.72. The molecule has 124 valence electrons. The number of nitrogens with zero attached hydrogens (tertiary/aromatic N) is 3. The molecule has 2 aromatic rings. The Hall–Kier alpha value is -1.72. The first-order valence-corrected chi connectivity index (χ1v) is 8.52. The summed E-state index contributed by atoms with van der Waals surface area (Å²) in [5.74, 6) is 2.11. The Morgan fingerprint density at radius 2 is 1.96 bits per heavy atom. The number of rotatable bonds is 6. The van der Waals surface area contributed by atoms with Crippen molar-refractivity contribution in [2.24, 2.45) is 11.7 Å². The van der Waals surface area contributed by atoms with Gasteiger partial charge in [-0.05, 0) is 57.2 Å². The first kappa shape index (κ1) is 16.1. The molecule has 0 saturated carbocycles. The highest BCUT2D eigenvalue weighted by Gasteiger charge is 2.20. The molecule has 0 spiro atoms. The molecule has 0 bridgehead atoms. The van der Waals surface area contributed by atoms with E-state index in [9.17, 15) is 0 Å². The Bertz CT molecular complexity index is 600. The minimum atomic E-state index is 0.314. The molecular weight excluding hydrogens is 288 g/mol. The third-order valence-electron chi connectivity index (χ3n) is 4.72. The molecule has 5 nitrogen and oxygen atoms in total. The van der Waals surface area contributed by atoms with Crippen LogP contribution in [0, 0.1) is 12.8 Å². The number of hydrogen-bond donors (Lipinski definition) is 1. The normalized spacial score (nSPS) is 16.8. The largest absolute Gasteiger partial charge is 0.338 e. The molecule has 1 aromatic heterocycles. The van der Waals surface area contributed by atoms with Crippen molar-refractivity contribution in [2.45, 2.75) is 45.7 Å². The van der Waals surface area contributed by atoms with E-state index in [0.29, 0.717) is 12.4 Å². The molecule has 0 radical (unpaired) electrons. The van der Waals surface area contributed by atoms with Gasteiger partial charge in [0.25, 0.3) is 0 Å². The lowest BCUT2D eigenvalue weighted by Gasteiger charge is -2.31. The summed E-state index contributed by atoms with van der Waals surface area (Å²) in [5, 5.41) is 3.98. The average Bonchev–Trinajstić information content (AvgIpc) is 3.03. The van der Waals surface area contributed by atoms with Gasteiger partial charge in [-0.15, -0.1) is 0 Å². The fraction of sp³-hybridized carbons (Fsp3) is 0.556. The van der Waals surface area contributed by atoms with Crippen LogP contribution < -0.4 is 5.73 Å². The second-order valence-electron chi connectivity index (χ2n) is 6.55. The minimum Gasteiger partial charge on any atom is -0.338 e. The van der Waals surface area contributed by atoms with E-state index in [2.05, 4.69) is 46.2 Å². The second kappa shape index (κ2) is 7.70. The fourth-order valence-electron chi connectivity index (χ4n) is 3.20. The van der Waals surface area contributed by atoms with Crippen LogP contribution in [-0.2, 0) is 19.5 Å². The standard InChI is InChI=1S/C18H26N4O/c1-14-2-4-15(5-3-14)6-7-16-8-10-22(11-9-16)13-17-20-18(12-19)23-21-17/h2-5,16H,6-13,19H2,1H3. The van der Waals surface area contributed by atoms with Crippen molar-refractivity contribution in [3.8, 4) is 0 Å². The maximum atomic E-state index is 5.49. The fourth-order valence-corrected chi connectivity index (χ4v) is 3.20. The Kier molecular flexibility index (Phi) is 5.41. The number of benzene rings is 1. The third kappa shape index (κ3) is 4.62. The number of nitrogens with two attached hydrogens (primary N) is 1. The van der Waals surface area contributed by atoms with E-state index in [-0.39, 0.29) is 0 Å². The topological polar surface area (TPSA) is 68.2 Å². The monoisotopic (exact) mass is 314 g/mol. The molecule has 2 N–H and O–H groups in total. The molecule has 2 heterocycles. The van der Waals surface area contributed by atoms with Crippen LogP contribution >= 0.6 is 0 Å². The summed E-state index contributed by atoms with van der Waals surface area (Å²) in [6.07, 6.45) is 4.99. The lowest BCUT2D eigenvalue weighted by Crippen LogP contribution is -2.33. The van der Waals surface area contributed by atoms with Crippen LogP contribution in [0.5, 0.6) is 0 Å². The predicted molar refractivity (Wildman–Crippen MR) is 89.7 cm³/mol. The zero-order valence-corrected chi connectivity index (χ0v) is 13.9. The summed E-state index contributed by atoms with van der Waals surface area (Å²) in [6, 6.07) is 8.93. The molecule has 1 aromatic carbocycles. The molecule has 0 amide bonds. The second-order valence-corrected chi connectivity index (χ2v) is 6.55. The smallest absolute Gasteiger partial charge is 0.240 e. The minimum absolute atomic E-state index is 0.314. The summed E-state index contributed by atoms with van der Waals surface area (Å²) < 4.78 is 5.06. The van der Waals surface area contributed by atoms with Gasteiger partial charge in [-0.25, -0.2) is 0 Å². The molecule has 0 atom stereocenters. The van der Waals surface area contributed by atoms with Crippen LogP contribution in [0.15, 0.2) is 28.8 Å². The van der Waals surface area contributed by atoms with Gasteiger partial charge in [0.15, 0.2) is 5.82 Å². The van der Waals surface area contributed by atoms with Crippen LogP contribution in [0.25, 0.3) is 0 Å². The Labute approximate surface area is 137 Å². The molecule has 1 fully saturated rings. The van der Waals surface area contributed by atoms with Crippen molar-refractivity contribution in [2.75, 3.05) is 13.1 Å². The van der Waals surface area contributed by atoms with E-state index in [1.807, 2.05) is 0 Å². The van der Waals surface area contributed by atoms with Crippen molar-refractivity contribution < 1.29 is 4.52 Å². The summed E-state index contributed by atoms with van der Waals surface area (Å²) in [6.45, 7) is 5.46. The van der Waals surface area contributed by atoms with Crippen molar-refractivity contribution >= 4 is 0 Å². The van der Waals surface area contributed by atoms with Crippen LogP contribution in [0.1, 0.15) is 42.1 Å². The lowest BCUT2D eigenvalue weighted by molar-refractivity contribution is 0.167. The Morgan fingerprint density at radius 1 is 1.22 bits per heavy atom. The molecule has 3 rings (SSSR count). The maximum absolute atomic E-state index is 5.49. The first-order valence-electron chi connectivity index (χ1n) is 8.52. The molecular formula is C18H26N4O. The first-order chi connectivity index (χ1) is 11.2. The Morgan fingerprint density at radius 3 is 2.61 bits per heavy atom. The number of aromatic nitrogens is 2. The highest BCUT2D eigenvalue weighted by Crippen LogP contribution is 2.23. The summed E-state index contributed by atoms with van der Waals surface area (Å²) in [5.41, 5.74) is 8.29. The van der Waals surface area contributed by atoms with E-state index >= 15 is 0 Å². The van der Waals surface area contributed by atoms with Gasteiger partial charge >= 0.3 is 0 Å². The van der Waals surface area contributed by atoms with E-state index < -0.39 is 0 Å². The van der Waals surface area contributed by atoms with Gasteiger partial charge in [-0.2, -0.15) is 4.98 Å². The number of aryl methyl sites for hydroxylation is 2. The molecule has 1 aliphatic heterocycles. The van der Waals surface area contributed by atoms with Crippen molar-refractivity contribution in [1.29, 1.82) is 0 Å². The van der Waals surface area contributed by atoms with Gasteiger partial charge < -0.3 is 10.3 Å². The Balaban J connectivity index is 1.40. The van der Waals surface area contributed by atoms with Gasteiger partial charge in [0, 0.05) is 0 Å². The number of likely N-dealkylation sites (tertiary alicyclic amines) is 1. The van der Waals surface area contributed by atoms with Crippen molar-refractivity contribution in [3.05, 3.63) is 47.1 Å². The van der Waals surface area contributed by atoms with Gasteiger partial charge in [0.2, 0.25) is 5.89 Å². The van der Waals surface area contributed by atoms with Crippen LogP contribution in [0.2, 0.25) is 0 Å². The lowest BCUT2D eigenvalue weighted by atomic mass is 9.90. The van der Waals surface area contributed by atoms with Crippen molar-refractivity contribution in [1.82, 2.24) is 15.0 Å². The molecule has 23 heavy (non-hydrogen) atoms. The van der Waals surface area contributed by atoms with Gasteiger partial charge in [-0.1, -0.05) is 35.0 Å². The summed E-state index contributed by atoms with van der Waals surface area (Å²) in [4.78, 5) is 6.69. The number of piperidine rings is 1. The number of hydrogen-bond acceptors (Lipinski definition) is 5. The average molecular weight is 314 g/mol. The van der Waals surface area contributed by atoms with Gasteiger partial charge in [-0.3, -0.25) is 4.90 Å². The van der Waals surface area contributed by atoms with Crippen LogP contribution in [0.4, 0.5) is 0 Å². The SMILES string of the molecule is Cc1ccc(CCC2CCN(Cc3noc(CN)n3)CC2)cc1. The zero-order chi connectivity index (χ0) is 16.1. The van der Waals surface area contributed by atoms with E-state index in [1.54, 1.807) is 0 Å². The van der Waals surface area contributed by atoms with E-state index in [4.69, 9.17) is 10.3 Å². The molecule has 1 saturated heterocycles. The zero-order valence-electron chi connectivity index (χ0n) is 13.9. The molecule has 1 aliphatic rings. The highest BCUT2D eigenvalue weighted by atomic mass is 16.5.